The van der Waals surface area contributed by atoms with Crippen molar-refractivity contribution in [3.8, 4) is 0 Å². The van der Waals surface area contributed by atoms with Gasteiger partial charge in [-0.05, 0) is 36.4 Å². The van der Waals surface area contributed by atoms with Crippen LogP contribution in [0.25, 0.3) is 0 Å². The number of methoxy groups -OCH3 is 2. The number of esters is 2. The van der Waals surface area contributed by atoms with Crippen molar-refractivity contribution in [3.05, 3.63) is 83.9 Å². The molecule has 0 radical (unpaired) electrons. The molecule has 4 atom stereocenters. The summed E-state index contributed by atoms with van der Waals surface area (Å²) in [4.78, 5) is 49.1. The SMILES string of the molecule is COC(=O)O[C@@H]1[C@@H](OC(=O)OC)[C@H](OC(=O)c2ccccc2)C=C[C@H]1OC(=O)c1ccccc1. The number of benzene rings is 2. The first-order chi connectivity index (χ1) is 16.4. The van der Waals surface area contributed by atoms with Gasteiger partial charge in [-0.25, -0.2) is 19.2 Å². The van der Waals surface area contributed by atoms with Crippen LogP contribution < -0.4 is 0 Å². The molecule has 3 rings (SSSR count). The summed E-state index contributed by atoms with van der Waals surface area (Å²) >= 11 is 0. The van der Waals surface area contributed by atoms with Gasteiger partial charge in [-0.2, -0.15) is 0 Å². The monoisotopic (exact) mass is 470 g/mol. The Morgan fingerprint density at radius 2 is 0.912 bits per heavy atom. The predicted molar refractivity (Wildman–Crippen MR) is 115 cm³/mol. The molecule has 178 valence electrons. The molecule has 1 aliphatic carbocycles. The Kier molecular flexibility index (Phi) is 8.22. The van der Waals surface area contributed by atoms with Crippen molar-refractivity contribution >= 4 is 24.2 Å². The van der Waals surface area contributed by atoms with Crippen LogP contribution in [0, 0.1) is 0 Å². The molecule has 34 heavy (non-hydrogen) atoms. The predicted octanol–water partition coefficient (Wildman–Crippen LogP) is 3.31. The fraction of sp³-hybridized carbons (Fsp3) is 0.250. The number of ether oxygens (including phenoxy) is 6. The van der Waals surface area contributed by atoms with Crippen LogP contribution in [0.5, 0.6) is 0 Å². The molecule has 0 N–H and O–H groups in total. The summed E-state index contributed by atoms with van der Waals surface area (Å²) in [5, 5.41) is 0. The van der Waals surface area contributed by atoms with Gasteiger partial charge in [-0.15, -0.1) is 0 Å². The first kappa shape index (κ1) is 24.3. The molecular formula is C24H22O10. The van der Waals surface area contributed by atoms with Crippen molar-refractivity contribution in [1.82, 2.24) is 0 Å². The molecule has 0 amide bonds. The fourth-order valence-electron chi connectivity index (χ4n) is 3.14. The van der Waals surface area contributed by atoms with Gasteiger partial charge in [0.15, 0.2) is 24.4 Å². The van der Waals surface area contributed by atoms with Gasteiger partial charge in [0.1, 0.15) is 0 Å². The van der Waals surface area contributed by atoms with E-state index in [0.29, 0.717) is 0 Å². The molecule has 0 spiro atoms. The van der Waals surface area contributed by atoms with Crippen molar-refractivity contribution in [1.29, 1.82) is 0 Å². The van der Waals surface area contributed by atoms with E-state index in [9.17, 15) is 19.2 Å². The quantitative estimate of drug-likeness (QED) is 0.353. The number of carbonyl (C=O) groups is 4. The summed E-state index contributed by atoms with van der Waals surface area (Å²) in [6, 6.07) is 16.2. The van der Waals surface area contributed by atoms with E-state index < -0.39 is 48.7 Å². The van der Waals surface area contributed by atoms with E-state index in [0.717, 1.165) is 14.2 Å². The molecule has 10 nitrogen and oxygen atoms in total. The average molecular weight is 470 g/mol. The lowest BCUT2D eigenvalue weighted by molar-refractivity contribution is -0.121. The number of carbonyl (C=O) groups excluding carboxylic acids is 4. The van der Waals surface area contributed by atoms with Crippen LogP contribution in [0.1, 0.15) is 20.7 Å². The fourth-order valence-corrected chi connectivity index (χ4v) is 3.14. The van der Waals surface area contributed by atoms with Crippen LogP contribution >= 0.6 is 0 Å². The molecule has 10 heteroatoms. The smallest absolute Gasteiger partial charge is 0.450 e. The summed E-state index contributed by atoms with van der Waals surface area (Å²) in [7, 11) is 2.16. The lowest BCUT2D eigenvalue weighted by Crippen LogP contribution is -2.53. The average Bonchev–Trinajstić information content (AvgIpc) is 2.87. The van der Waals surface area contributed by atoms with Gasteiger partial charge in [-0.1, -0.05) is 36.4 Å². The molecule has 2 aromatic rings. The Morgan fingerprint density at radius 3 is 1.24 bits per heavy atom. The molecular weight excluding hydrogens is 448 g/mol. The van der Waals surface area contributed by atoms with Crippen LogP contribution in [0.2, 0.25) is 0 Å². The van der Waals surface area contributed by atoms with Crippen LogP contribution in [-0.2, 0) is 28.4 Å². The number of hydrogen-bond acceptors (Lipinski definition) is 10. The van der Waals surface area contributed by atoms with Gasteiger partial charge < -0.3 is 28.4 Å². The summed E-state index contributed by atoms with van der Waals surface area (Å²) in [6.45, 7) is 0. The maximum absolute atomic E-state index is 12.6. The zero-order valence-electron chi connectivity index (χ0n) is 18.3. The Bertz CT molecular complexity index is 951. The molecule has 0 aliphatic heterocycles. The molecule has 0 bridgehead atoms. The standard InChI is InChI=1S/C24H22O10/c1-29-23(27)33-19-17(31-21(25)15-9-5-3-6-10-15)13-14-18(20(19)34-24(28)30-2)32-22(26)16-11-7-4-8-12-16/h3-14,17-20H,1-2H3/t17-,18-,19+,20+/m1/s1. The first-order valence-corrected chi connectivity index (χ1v) is 10.1. The molecule has 1 aliphatic rings. The van der Waals surface area contributed by atoms with E-state index in [1.165, 1.54) is 36.4 Å². The third-order valence-corrected chi connectivity index (χ3v) is 4.77. The second-order valence-electron chi connectivity index (χ2n) is 6.93. The van der Waals surface area contributed by atoms with Crippen molar-refractivity contribution in [2.24, 2.45) is 0 Å². The summed E-state index contributed by atoms with van der Waals surface area (Å²) in [6.07, 6.45) is -4.76. The second kappa shape index (κ2) is 11.5. The molecule has 0 saturated heterocycles. The van der Waals surface area contributed by atoms with E-state index in [1.807, 2.05) is 0 Å². The van der Waals surface area contributed by atoms with Gasteiger partial charge in [-0.3, -0.25) is 0 Å². The van der Waals surface area contributed by atoms with Crippen LogP contribution in [0.15, 0.2) is 72.8 Å². The van der Waals surface area contributed by atoms with Gasteiger partial charge in [0.2, 0.25) is 0 Å². The van der Waals surface area contributed by atoms with E-state index in [2.05, 4.69) is 9.47 Å². The molecule has 0 unspecified atom stereocenters. The van der Waals surface area contributed by atoms with Crippen LogP contribution in [-0.4, -0.2) is 62.9 Å². The largest absolute Gasteiger partial charge is 0.508 e. The Labute approximate surface area is 194 Å². The number of hydrogen-bond donors (Lipinski definition) is 0. The molecule has 0 heterocycles. The zero-order chi connectivity index (χ0) is 24.5. The molecule has 0 fully saturated rings. The van der Waals surface area contributed by atoms with Crippen LogP contribution in [0.3, 0.4) is 0 Å². The zero-order valence-corrected chi connectivity index (χ0v) is 18.3. The van der Waals surface area contributed by atoms with Gasteiger partial charge >= 0.3 is 24.2 Å². The summed E-state index contributed by atoms with van der Waals surface area (Å²) in [5.41, 5.74) is 0.492. The van der Waals surface area contributed by atoms with Crippen molar-refractivity contribution in [3.63, 3.8) is 0 Å². The third-order valence-electron chi connectivity index (χ3n) is 4.77. The Hall–Kier alpha value is -4.34. The summed E-state index contributed by atoms with van der Waals surface area (Å²) in [5.74, 6) is -1.43. The van der Waals surface area contributed by atoms with Crippen LogP contribution in [0.4, 0.5) is 9.59 Å². The topological polar surface area (TPSA) is 124 Å². The number of rotatable bonds is 6. The minimum atomic E-state index is -1.42. The van der Waals surface area contributed by atoms with Gasteiger partial charge in [0.05, 0.1) is 25.3 Å². The maximum atomic E-state index is 12.6. The lowest BCUT2D eigenvalue weighted by Gasteiger charge is -2.36. The van der Waals surface area contributed by atoms with E-state index in [1.54, 1.807) is 36.4 Å². The minimum Gasteiger partial charge on any atom is -0.450 e. The molecule has 0 aromatic heterocycles. The summed E-state index contributed by atoms with van der Waals surface area (Å²) < 4.78 is 30.6. The Morgan fingerprint density at radius 1 is 0.559 bits per heavy atom. The van der Waals surface area contributed by atoms with E-state index >= 15 is 0 Å². The minimum absolute atomic E-state index is 0.246. The van der Waals surface area contributed by atoms with E-state index in [-0.39, 0.29) is 11.1 Å². The van der Waals surface area contributed by atoms with Gasteiger partial charge in [0, 0.05) is 0 Å². The maximum Gasteiger partial charge on any atom is 0.508 e. The Balaban J connectivity index is 1.90. The highest BCUT2D eigenvalue weighted by Crippen LogP contribution is 2.27. The van der Waals surface area contributed by atoms with Crippen molar-refractivity contribution in [2.45, 2.75) is 24.4 Å². The van der Waals surface area contributed by atoms with E-state index in [4.69, 9.17) is 18.9 Å². The molecule has 0 saturated carbocycles. The third kappa shape index (κ3) is 6.12. The highest BCUT2D eigenvalue weighted by Gasteiger charge is 2.46. The molecule has 2 aromatic carbocycles. The highest BCUT2D eigenvalue weighted by atomic mass is 16.8. The van der Waals surface area contributed by atoms with Crippen molar-refractivity contribution in [2.75, 3.05) is 14.2 Å². The normalized spacial score (nSPS) is 21.0. The lowest BCUT2D eigenvalue weighted by atomic mass is 9.95. The highest BCUT2D eigenvalue weighted by molar-refractivity contribution is 5.90. The first-order valence-electron chi connectivity index (χ1n) is 10.1. The van der Waals surface area contributed by atoms with Gasteiger partial charge in [0.25, 0.3) is 0 Å². The van der Waals surface area contributed by atoms with Crippen molar-refractivity contribution < 1.29 is 47.6 Å². The second-order valence-corrected chi connectivity index (χ2v) is 6.93.